The van der Waals surface area contributed by atoms with Crippen molar-refractivity contribution in [3.63, 3.8) is 0 Å². The van der Waals surface area contributed by atoms with E-state index in [1.807, 2.05) is 19.1 Å². The third-order valence-corrected chi connectivity index (χ3v) is 2.16. The molecule has 0 bridgehead atoms. The zero-order valence-corrected chi connectivity index (χ0v) is 8.37. The number of aryl methyl sites for hydroxylation is 1. The molecule has 0 saturated heterocycles. The zero-order chi connectivity index (χ0) is 13.3. The molecule has 0 saturated carbocycles. The molecule has 2 rings (SSSR count). The van der Waals surface area contributed by atoms with E-state index < -0.39 is 0 Å². The summed E-state index contributed by atoms with van der Waals surface area (Å²) in [5.41, 5.74) is 1.71. The van der Waals surface area contributed by atoms with Gasteiger partial charge in [0.1, 0.15) is 0 Å². The summed E-state index contributed by atoms with van der Waals surface area (Å²) in [7, 11) is 0. The second-order valence-corrected chi connectivity index (χ2v) is 3.34. The molecule has 0 heterocycles. The fourth-order valence-corrected chi connectivity index (χ4v) is 1.30. The van der Waals surface area contributed by atoms with Crippen LogP contribution in [0.1, 0.15) is 25.6 Å². The summed E-state index contributed by atoms with van der Waals surface area (Å²) in [6.45, 7) is 1.93. The molecule has 1 heteroatoms. The summed E-state index contributed by atoms with van der Waals surface area (Å²) in [5.74, 6) is -0.284. The fourth-order valence-electron chi connectivity index (χ4n) is 1.30. The summed E-state index contributed by atoms with van der Waals surface area (Å²) >= 11 is 0. The van der Waals surface area contributed by atoms with Crippen molar-refractivity contribution in [1.82, 2.24) is 0 Å². The van der Waals surface area contributed by atoms with E-state index in [4.69, 9.17) is 4.11 Å². The van der Waals surface area contributed by atoms with Gasteiger partial charge >= 0.3 is 0 Å². The normalized spacial score (nSPS) is 12.7. The Kier molecular flexibility index (Phi) is 1.79. The van der Waals surface area contributed by atoms with Crippen molar-refractivity contribution in [1.29, 1.82) is 0 Å². The van der Waals surface area contributed by atoms with Gasteiger partial charge in [-0.05, 0) is 6.92 Å². The van der Waals surface area contributed by atoms with Gasteiger partial charge in [-0.15, -0.1) is 0 Å². The van der Waals surface area contributed by atoms with Crippen molar-refractivity contribution in [3.8, 4) is 0 Å². The van der Waals surface area contributed by atoms with Crippen LogP contribution < -0.4 is 0 Å². The maximum absolute atomic E-state index is 12.2. The zero-order valence-electron chi connectivity index (χ0n) is 11.4. The lowest BCUT2D eigenvalue weighted by molar-refractivity contribution is 0.103. The lowest BCUT2D eigenvalue weighted by Gasteiger charge is -2.00. The Hall–Kier alpha value is -1.89. The van der Waals surface area contributed by atoms with Crippen LogP contribution in [0.2, 0.25) is 0 Å². The lowest BCUT2D eigenvalue weighted by Crippen LogP contribution is -2.00. The van der Waals surface area contributed by atoms with Gasteiger partial charge in [0.15, 0.2) is 5.78 Å². The topological polar surface area (TPSA) is 17.1 Å². The van der Waals surface area contributed by atoms with Crippen molar-refractivity contribution >= 4 is 5.78 Å². The summed E-state index contributed by atoms with van der Waals surface area (Å²) < 4.78 is 22.7. The highest BCUT2D eigenvalue weighted by Crippen LogP contribution is 2.10. The van der Waals surface area contributed by atoms with E-state index in [1.165, 1.54) is 12.1 Å². The number of carbonyl (C=O) groups is 1. The Balaban J connectivity index is 2.46. The highest BCUT2D eigenvalue weighted by atomic mass is 16.1. The highest BCUT2D eigenvalue weighted by Gasteiger charge is 2.06. The summed E-state index contributed by atoms with van der Waals surface area (Å²) in [6, 6.07) is 9.44. The Bertz CT molecular complexity index is 603. The number of hydrogen-bond acceptors (Lipinski definition) is 1. The molecule has 0 atom stereocenters. The van der Waals surface area contributed by atoms with Crippen LogP contribution in [0, 0.1) is 6.92 Å². The molecule has 1 nitrogen and oxygen atoms in total. The van der Waals surface area contributed by atoms with Gasteiger partial charge in [-0.1, -0.05) is 60.1 Å². The summed E-state index contributed by atoms with van der Waals surface area (Å²) in [6.07, 6.45) is 0. The van der Waals surface area contributed by atoms with Crippen LogP contribution in [0.15, 0.2) is 54.5 Å². The summed E-state index contributed by atoms with van der Waals surface area (Å²) in [4.78, 5) is 12.2. The third-order valence-electron chi connectivity index (χ3n) is 2.16. The maximum Gasteiger partial charge on any atom is 0.193 e. The molecule has 0 fully saturated rings. The maximum atomic E-state index is 12.2. The Labute approximate surface area is 93.6 Å². The predicted octanol–water partition coefficient (Wildman–Crippen LogP) is 3.23. The SMILES string of the molecule is [2H]c1ccc(C(=O)c2ccc(C)cc2)c([2H])c1[2H]. The van der Waals surface area contributed by atoms with Crippen LogP contribution in [-0.2, 0) is 0 Å². The Morgan fingerprint density at radius 1 is 1.07 bits per heavy atom. The average molecular weight is 199 g/mol. The van der Waals surface area contributed by atoms with Crippen LogP contribution in [-0.4, -0.2) is 5.78 Å². The minimum atomic E-state index is -0.284. The van der Waals surface area contributed by atoms with Crippen molar-refractivity contribution < 1.29 is 8.91 Å². The first-order valence-corrected chi connectivity index (χ1v) is 4.69. The Morgan fingerprint density at radius 3 is 2.53 bits per heavy atom. The quantitative estimate of drug-likeness (QED) is 0.679. The molecular weight excluding hydrogens is 184 g/mol. The lowest BCUT2D eigenvalue weighted by atomic mass is 10.0. The van der Waals surface area contributed by atoms with Crippen LogP contribution in [0.25, 0.3) is 0 Å². The van der Waals surface area contributed by atoms with E-state index in [2.05, 4.69) is 0 Å². The standard InChI is InChI=1S/C14H12O/c1-11-7-9-13(10-8-11)14(15)12-5-3-2-4-6-12/h2-10H,1H3/i2D,3D,5D. The second-order valence-electron chi connectivity index (χ2n) is 3.34. The number of rotatable bonds is 2. The van der Waals surface area contributed by atoms with E-state index >= 15 is 0 Å². The van der Waals surface area contributed by atoms with Crippen molar-refractivity contribution in [2.24, 2.45) is 0 Å². The van der Waals surface area contributed by atoms with Gasteiger partial charge in [0.05, 0.1) is 4.11 Å². The Morgan fingerprint density at radius 2 is 1.80 bits per heavy atom. The van der Waals surface area contributed by atoms with Gasteiger partial charge in [-0.25, -0.2) is 0 Å². The number of ketones is 1. The molecule has 2 aromatic carbocycles. The van der Waals surface area contributed by atoms with Gasteiger partial charge in [-0.3, -0.25) is 4.79 Å². The van der Waals surface area contributed by atoms with Gasteiger partial charge < -0.3 is 0 Å². The van der Waals surface area contributed by atoms with E-state index in [0.717, 1.165) is 5.56 Å². The minimum absolute atomic E-state index is 0.0412. The molecule has 0 amide bonds. The number of hydrogen-bond donors (Lipinski definition) is 0. The number of benzene rings is 2. The van der Waals surface area contributed by atoms with Crippen LogP contribution in [0.3, 0.4) is 0 Å². The molecule has 0 aliphatic heterocycles. The monoisotopic (exact) mass is 199 g/mol. The molecule has 15 heavy (non-hydrogen) atoms. The molecule has 0 aromatic heterocycles. The smallest absolute Gasteiger partial charge is 0.193 e. The van der Waals surface area contributed by atoms with Gasteiger partial charge in [0, 0.05) is 11.1 Å². The van der Waals surface area contributed by atoms with Crippen molar-refractivity contribution in [2.75, 3.05) is 0 Å². The number of carbonyl (C=O) groups excluding carboxylic acids is 1. The second kappa shape index (κ2) is 4.09. The first kappa shape index (κ1) is 6.57. The van der Waals surface area contributed by atoms with Crippen molar-refractivity contribution in [2.45, 2.75) is 6.92 Å². The first-order chi connectivity index (χ1) is 8.50. The van der Waals surface area contributed by atoms with E-state index in [-0.39, 0.29) is 29.5 Å². The van der Waals surface area contributed by atoms with Gasteiger partial charge in [0.2, 0.25) is 0 Å². The molecule has 0 N–H and O–H groups in total. The average Bonchev–Trinajstić information content (AvgIpc) is 2.36. The van der Waals surface area contributed by atoms with Crippen molar-refractivity contribution in [3.05, 3.63) is 71.2 Å². The molecular formula is C14H12O. The van der Waals surface area contributed by atoms with Gasteiger partial charge in [0.25, 0.3) is 0 Å². The van der Waals surface area contributed by atoms with Crippen LogP contribution >= 0.6 is 0 Å². The molecule has 0 radical (unpaired) electrons. The highest BCUT2D eigenvalue weighted by molar-refractivity contribution is 6.08. The molecule has 0 aliphatic carbocycles. The van der Waals surface area contributed by atoms with E-state index in [9.17, 15) is 4.79 Å². The molecule has 0 unspecified atom stereocenters. The largest absolute Gasteiger partial charge is 0.289 e. The van der Waals surface area contributed by atoms with Gasteiger partial charge in [-0.2, -0.15) is 0 Å². The van der Waals surface area contributed by atoms with Crippen LogP contribution in [0.4, 0.5) is 0 Å². The molecule has 0 aliphatic rings. The molecule has 2 aromatic rings. The fraction of sp³-hybridized carbons (Fsp3) is 0.0714. The first-order valence-electron chi connectivity index (χ1n) is 6.19. The molecule has 74 valence electrons. The van der Waals surface area contributed by atoms with E-state index in [1.54, 1.807) is 12.1 Å². The minimum Gasteiger partial charge on any atom is -0.289 e. The summed E-state index contributed by atoms with van der Waals surface area (Å²) in [5, 5.41) is 0. The van der Waals surface area contributed by atoms with Crippen LogP contribution in [0.5, 0.6) is 0 Å². The third kappa shape index (κ3) is 2.13. The molecule has 0 spiro atoms. The predicted molar refractivity (Wildman–Crippen MR) is 61.1 cm³/mol. The van der Waals surface area contributed by atoms with E-state index in [0.29, 0.717) is 5.56 Å².